The van der Waals surface area contributed by atoms with Crippen molar-refractivity contribution in [2.75, 3.05) is 26.7 Å². The van der Waals surface area contributed by atoms with Crippen molar-refractivity contribution in [2.45, 2.75) is 39.3 Å². The molecule has 28 heavy (non-hydrogen) atoms. The predicted molar refractivity (Wildman–Crippen MR) is 108 cm³/mol. The Kier molecular flexibility index (Phi) is 5.15. The normalized spacial score (nSPS) is 23.0. The van der Waals surface area contributed by atoms with Gasteiger partial charge in [0.2, 0.25) is 5.91 Å². The van der Waals surface area contributed by atoms with E-state index in [0.717, 1.165) is 56.8 Å². The van der Waals surface area contributed by atoms with Crippen LogP contribution in [0.2, 0.25) is 0 Å². The second-order valence-electron chi connectivity index (χ2n) is 8.30. The largest absolute Gasteiger partial charge is 0.497 e. The number of methoxy groups -OCH3 is 1. The van der Waals surface area contributed by atoms with Gasteiger partial charge in [-0.1, -0.05) is 12.1 Å². The molecular formula is C22H30N4O2. The van der Waals surface area contributed by atoms with E-state index in [2.05, 4.69) is 27.9 Å². The van der Waals surface area contributed by atoms with Crippen LogP contribution in [0.15, 0.2) is 30.5 Å². The smallest absolute Gasteiger partial charge is 0.230 e. The standard InChI is InChI=1S/C22H30N4O2/c1-17-19(13-23-24(17)2)15-25-11-9-22(16-25)8-5-10-26(21(22)27)14-18-6-4-7-20(12-18)28-3/h4,6-7,12-13H,5,8-11,14-16H2,1-3H3. The number of ether oxygens (including phenoxy) is 1. The Balaban J connectivity index is 1.44. The molecule has 2 saturated heterocycles. The first-order valence-corrected chi connectivity index (χ1v) is 10.1. The molecule has 2 aliphatic rings. The highest BCUT2D eigenvalue weighted by Crippen LogP contribution is 2.41. The number of piperidine rings is 1. The molecular weight excluding hydrogens is 352 g/mol. The molecule has 3 heterocycles. The lowest BCUT2D eigenvalue weighted by molar-refractivity contribution is -0.146. The van der Waals surface area contributed by atoms with Crippen molar-refractivity contribution >= 4 is 5.91 Å². The van der Waals surface area contributed by atoms with E-state index >= 15 is 0 Å². The monoisotopic (exact) mass is 382 g/mol. The summed E-state index contributed by atoms with van der Waals surface area (Å²) in [6.45, 7) is 6.33. The Morgan fingerprint density at radius 1 is 1.21 bits per heavy atom. The van der Waals surface area contributed by atoms with E-state index < -0.39 is 0 Å². The molecule has 4 rings (SSSR count). The molecule has 1 aromatic heterocycles. The van der Waals surface area contributed by atoms with Crippen molar-refractivity contribution < 1.29 is 9.53 Å². The first-order valence-electron chi connectivity index (χ1n) is 10.1. The van der Waals surface area contributed by atoms with Crippen molar-refractivity contribution in [3.8, 4) is 5.75 Å². The number of likely N-dealkylation sites (tertiary alicyclic amines) is 2. The van der Waals surface area contributed by atoms with Gasteiger partial charge in [-0.05, 0) is 50.4 Å². The summed E-state index contributed by atoms with van der Waals surface area (Å²) in [6, 6.07) is 8.04. The highest BCUT2D eigenvalue weighted by Gasteiger charge is 2.48. The number of nitrogens with zero attached hydrogens (tertiary/aromatic N) is 4. The summed E-state index contributed by atoms with van der Waals surface area (Å²) in [4.78, 5) is 17.9. The van der Waals surface area contributed by atoms with Crippen LogP contribution in [0, 0.1) is 12.3 Å². The van der Waals surface area contributed by atoms with Crippen LogP contribution in [-0.2, 0) is 24.9 Å². The lowest BCUT2D eigenvalue weighted by Crippen LogP contribution is -2.49. The fourth-order valence-electron chi connectivity index (χ4n) is 4.71. The summed E-state index contributed by atoms with van der Waals surface area (Å²) < 4.78 is 7.25. The zero-order valence-corrected chi connectivity index (χ0v) is 17.1. The van der Waals surface area contributed by atoms with Crippen LogP contribution in [0.25, 0.3) is 0 Å². The predicted octanol–water partition coefficient (Wildman–Crippen LogP) is 2.75. The molecule has 2 aliphatic heterocycles. The SMILES string of the molecule is COc1cccc(CN2CCCC3(CCN(Cc4cnn(C)c4C)C3)C2=O)c1. The van der Waals surface area contributed by atoms with Crippen LogP contribution in [0.3, 0.4) is 0 Å². The van der Waals surface area contributed by atoms with Crippen molar-refractivity contribution in [3.05, 3.63) is 47.3 Å². The van der Waals surface area contributed by atoms with E-state index in [1.807, 2.05) is 36.1 Å². The molecule has 0 bridgehead atoms. The van der Waals surface area contributed by atoms with Gasteiger partial charge in [-0.3, -0.25) is 14.4 Å². The molecule has 0 radical (unpaired) electrons. The molecule has 0 saturated carbocycles. The Labute approximate surface area is 167 Å². The van der Waals surface area contributed by atoms with Gasteiger partial charge in [0.15, 0.2) is 0 Å². The second kappa shape index (κ2) is 7.59. The molecule has 2 fully saturated rings. The summed E-state index contributed by atoms with van der Waals surface area (Å²) in [5.74, 6) is 1.17. The van der Waals surface area contributed by atoms with E-state index in [-0.39, 0.29) is 5.41 Å². The molecule has 6 nitrogen and oxygen atoms in total. The fourth-order valence-corrected chi connectivity index (χ4v) is 4.71. The first-order chi connectivity index (χ1) is 13.5. The number of benzene rings is 1. The van der Waals surface area contributed by atoms with E-state index in [1.165, 1.54) is 11.3 Å². The van der Waals surface area contributed by atoms with Gasteiger partial charge in [0.1, 0.15) is 5.75 Å². The lowest BCUT2D eigenvalue weighted by Gasteiger charge is -2.39. The molecule has 1 unspecified atom stereocenters. The van der Waals surface area contributed by atoms with Crippen LogP contribution >= 0.6 is 0 Å². The van der Waals surface area contributed by atoms with Crippen molar-refractivity contribution in [2.24, 2.45) is 12.5 Å². The van der Waals surface area contributed by atoms with Gasteiger partial charge < -0.3 is 9.64 Å². The minimum Gasteiger partial charge on any atom is -0.497 e. The topological polar surface area (TPSA) is 50.6 Å². The summed E-state index contributed by atoms with van der Waals surface area (Å²) in [5.41, 5.74) is 3.38. The number of hydrogen-bond acceptors (Lipinski definition) is 4. The maximum Gasteiger partial charge on any atom is 0.230 e. The first kappa shape index (κ1) is 19.0. The van der Waals surface area contributed by atoms with Crippen LogP contribution in [-0.4, -0.2) is 52.2 Å². The Morgan fingerprint density at radius 2 is 2.07 bits per heavy atom. The van der Waals surface area contributed by atoms with Gasteiger partial charge in [0, 0.05) is 44.5 Å². The Morgan fingerprint density at radius 3 is 2.82 bits per heavy atom. The lowest BCUT2D eigenvalue weighted by atomic mass is 9.78. The molecule has 1 amide bonds. The van der Waals surface area contributed by atoms with Gasteiger partial charge in [-0.15, -0.1) is 0 Å². The molecule has 150 valence electrons. The quantitative estimate of drug-likeness (QED) is 0.798. The molecule has 0 aliphatic carbocycles. The van der Waals surface area contributed by atoms with Crippen LogP contribution in [0.4, 0.5) is 0 Å². The summed E-state index contributed by atoms with van der Waals surface area (Å²) >= 11 is 0. The summed E-state index contributed by atoms with van der Waals surface area (Å²) in [7, 11) is 3.66. The average Bonchev–Trinajstić information content (AvgIpc) is 3.25. The van der Waals surface area contributed by atoms with Gasteiger partial charge in [0.05, 0.1) is 18.7 Å². The minimum atomic E-state index is -0.215. The molecule has 2 aromatic rings. The Bertz CT molecular complexity index is 862. The van der Waals surface area contributed by atoms with Crippen LogP contribution in [0.5, 0.6) is 5.75 Å². The number of carbonyl (C=O) groups excluding carboxylic acids is 1. The van der Waals surface area contributed by atoms with Crippen molar-refractivity contribution in [1.82, 2.24) is 19.6 Å². The molecule has 1 aromatic carbocycles. The number of carbonyl (C=O) groups is 1. The maximum absolute atomic E-state index is 13.4. The van der Waals surface area contributed by atoms with Crippen LogP contribution in [0.1, 0.15) is 36.1 Å². The zero-order chi connectivity index (χ0) is 19.7. The van der Waals surface area contributed by atoms with Gasteiger partial charge in [0.25, 0.3) is 0 Å². The van der Waals surface area contributed by atoms with Crippen LogP contribution < -0.4 is 4.74 Å². The van der Waals surface area contributed by atoms with Gasteiger partial charge >= 0.3 is 0 Å². The van der Waals surface area contributed by atoms with Crippen molar-refractivity contribution in [1.29, 1.82) is 0 Å². The molecule has 1 atom stereocenters. The van der Waals surface area contributed by atoms with Gasteiger partial charge in [-0.2, -0.15) is 5.10 Å². The van der Waals surface area contributed by atoms with E-state index in [1.54, 1.807) is 7.11 Å². The van der Waals surface area contributed by atoms with E-state index in [9.17, 15) is 4.79 Å². The number of amides is 1. The summed E-state index contributed by atoms with van der Waals surface area (Å²) in [5, 5.41) is 4.35. The number of hydrogen-bond donors (Lipinski definition) is 0. The maximum atomic E-state index is 13.4. The average molecular weight is 383 g/mol. The number of rotatable bonds is 5. The number of aromatic nitrogens is 2. The minimum absolute atomic E-state index is 0.215. The molecule has 6 heteroatoms. The fraction of sp³-hybridized carbons (Fsp3) is 0.545. The molecule has 0 N–H and O–H groups in total. The third kappa shape index (κ3) is 3.53. The van der Waals surface area contributed by atoms with Gasteiger partial charge in [-0.25, -0.2) is 0 Å². The van der Waals surface area contributed by atoms with E-state index in [0.29, 0.717) is 12.5 Å². The Hall–Kier alpha value is -2.34. The molecule has 1 spiro atoms. The third-order valence-corrected chi connectivity index (χ3v) is 6.50. The second-order valence-corrected chi connectivity index (χ2v) is 8.30. The van der Waals surface area contributed by atoms with Crippen molar-refractivity contribution in [3.63, 3.8) is 0 Å². The summed E-state index contributed by atoms with van der Waals surface area (Å²) in [6.07, 6.45) is 5.00. The highest BCUT2D eigenvalue weighted by molar-refractivity contribution is 5.84. The third-order valence-electron chi connectivity index (χ3n) is 6.50. The number of aryl methyl sites for hydroxylation is 1. The van der Waals surface area contributed by atoms with E-state index in [4.69, 9.17) is 4.74 Å². The highest BCUT2D eigenvalue weighted by atomic mass is 16.5. The zero-order valence-electron chi connectivity index (χ0n) is 17.1.